The van der Waals surface area contributed by atoms with E-state index in [1.165, 1.54) is 0 Å². The Morgan fingerprint density at radius 1 is 1.29 bits per heavy atom. The van der Waals surface area contributed by atoms with Crippen LogP contribution in [0.15, 0.2) is 34.9 Å². The number of ether oxygens (including phenoxy) is 1. The highest BCUT2D eigenvalue weighted by Crippen LogP contribution is 2.21. The summed E-state index contributed by atoms with van der Waals surface area (Å²) in [6, 6.07) is 7.60. The second kappa shape index (κ2) is 4.00. The SMILES string of the molecule is COc1ccc(-c2nc(I)co2)cc1. The van der Waals surface area contributed by atoms with Crippen LogP contribution < -0.4 is 4.74 Å². The Morgan fingerprint density at radius 2 is 2.00 bits per heavy atom. The van der Waals surface area contributed by atoms with Gasteiger partial charge < -0.3 is 9.15 Å². The highest BCUT2D eigenvalue weighted by molar-refractivity contribution is 14.1. The van der Waals surface area contributed by atoms with Gasteiger partial charge in [-0.25, -0.2) is 4.98 Å². The second-order valence-electron chi connectivity index (χ2n) is 2.70. The number of aromatic nitrogens is 1. The second-order valence-corrected chi connectivity index (χ2v) is 3.81. The Bertz CT molecular complexity index is 422. The molecular weight excluding hydrogens is 293 g/mol. The number of hydrogen-bond acceptors (Lipinski definition) is 3. The normalized spacial score (nSPS) is 10.1. The van der Waals surface area contributed by atoms with Crippen LogP contribution in [0.2, 0.25) is 0 Å². The van der Waals surface area contributed by atoms with Crippen molar-refractivity contribution in [1.29, 1.82) is 0 Å². The molecule has 0 spiro atoms. The van der Waals surface area contributed by atoms with Crippen LogP contribution in [0.3, 0.4) is 0 Å². The van der Waals surface area contributed by atoms with E-state index < -0.39 is 0 Å². The van der Waals surface area contributed by atoms with E-state index in [1.807, 2.05) is 24.3 Å². The number of nitrogens with zero attached hydrogens (tertiary/aromatic N) is 1. The van der Waals surface area contributed by atoms with Crippen molar-refractivity contribution in [2.45, 2.75) is 0 Å². The largest absolute Gasteiger partial charge is 0.497 e. The lowest BCUT2D eigenvalue weighted by atomic mass is 10.2. The predicted octanol–water partition coefficient (Wildman–Crippen LogP) is 2.95. The van der Waals surface area contributed by atoms with Gasteiger partial charge in [-0.15, -0.1) is 0 Å². The minimum atomic E-state index is 0.636. The average Bonchev–Trinajstić information content (AvgIpc) is 2.65. The molecule has 3 nitrogen and oxygen atoms in total. The van der Waals surface area contributed by atoms with Crippen LogP contribution in [0.4, 0.5) is 0 Å². The molecule has 0 aliphatic rings. The van der Waals surface area contributed by atoms with Crippen molar-refractivity contribution in [3.8, 4) is 17.2 Å². The van der Waals surface area contributed by atoms with Gasteiger partial charge in [-0.05, 0) is 46.9 Å². The third-order valence-corrected chi connectivity index (χ3v) is 2.31. The van der Waals surface area contributed by atoms with E-state index in [9.17, 15) is 0 Å². The summed E-state index contributed by atoms with van der Waals surface area (Å²) in [5.74, 6) is 1.46. The summed E-state index contributed by atoms with van der Waals surface area (Å²) in [4.78, 5) is 4.22. The molecule has 0 fully saturated rings. The summed E-state index contributed by atoms with van der Waals surface area (Å²) in [6.07, 6.45) is 1.63. The first-order valence-corrected chi connectivity index (χ1v) is 5.13. The van der Waals surface area contributed by atoms with Gasteiger partial charge in [0.2, 0.25) is 5.89 Å². The molecule has 0 amide bonds. The van der Waals surface area contributed by atoms with Gasteiger partial charge in [0.1, 0.15) is 15.7 Å². The Balaban J connectivity index is 2.33. The van der Waals surface area contributed by atoms with E-state index in [0.29, 0.717) is 5.89 Å². The van der Waals surface area contributed by atoms with Gasteiger partial charge in [-0.3, -0.25) is 0 Å². The van der Waals surface area contributed by atoms with Crippen molar-refractivity contribution in [3.05, 3.63) is 34.2 Å². The molecule has 1 heterocycles. The van der Waals surface area contributed by atoms with Crippen molar-refractivity contribution >= 4 is 22.6 Å². The van der Waals surface area contributed by atoms with Crippen LogP contribution in [0.5, 0.6) is 5.75 Å². The fourth-order valence-corrected chi connectivity index (χ4v) is 1.47. The summed E-state index contributed by atoms with van der Waals surface area (Å²) in [5, 5.41) is 0. The van der Waals surface area contributed by atoms with E-state index in [2.05, 4.69) is 27.6 Å². The third-order valence-electron chi connectivity index (χ3n) is 1.81. The molecule has 0 saturated heterocycles. The topological polar surface area (TPSA) is 35.3 Å². The van der Waals surface area contributed by atoms with Gasteiger partial charge in [0.25, 0.3) is 0 Å². The van der Waals surface area contributed by atoms with Gasteiger partial charge in [-0.2, -0.15) is 0 Å². The Hall–Kier alpha value is -1.04. The Labute approximate surface area is 95.2 Å². The molecule has 0 aliphatic carbocycles. The van der Waals surface area contributed by atoms with Crippen LogP contribution in [0, 0.1) is 3.70 Å². The molecule has 0 atom stereocenters. The summed E-state index contributed by atoms with van der Waals surface area (Å²) >= 11 is 2.11. The maximum Gasteiger partial charge on any atom is 0.226 e. The summed E-state index contributed by atoms with van der Waals surface area (Å²) in [7, 11) is 1.64. The molecule has 4 heteroatoms. The van der Waals surface area contributed by atoms with Crippen LogP contribution in [0.25, 0.3) is 11.5 Å². The molecule has 0 radical (unpaired) electrons. The average molecular weight is 301 g/mol. The zero-order chi connectivity index (χ0) is 9.97. The number of rotatable bonds is 2. The summed E-state index contributed by atoms with van der Waals surface area (Å²) < 4.78 is 11.2. The number of benzene rings is 1. The van der Waals surface area contributed by atoms with E-state index in [4.69, 9.17) is 9.15 Å². The monoisotopic (exact) mass is 301 g/mol. The fourth-order valence-electron chi connectivity index (χ4n) is 1.12. The summed E-state index contributed by atoms with van der Waals surface area (Å²) in [6.45, 7) is 0. The minimum Gasteiger partial charge on any atom is -0.497 e. The first kappa shape index (κ1) is 9.51. The zero-order valence-electron chi connectivity index (χ0n) is 7.53. The lowest BCUT2D eigenvalue weighted by Crippen LogP contribution is -1.82. The molecule has 1 aromatic carbocycles. The predicted molar refractivity (Wildman–Crippen MR) is 61.2 cm³/mol. The molecule has 14 heavy (non-hydrogen) atoms. The number of halogens is 1. The maximum atomic E-state index is 5.26. The molecular formula is C10H8INO2. The standard InChI is InChI=1S/C10H8INO2/c1-13-8-4-2-7(3-5-8)10-12-9(11)6-14-10/h2-6H,1H3. The molecule has 0 saturated carbocycles. The highest BCUT2D eigenvalue weighted by atomic mass is 127. The van der Waals surface area contributed by atoms with Crippen molar-refractivity contribution < 1.29 is 9.15 Å². The molecule has 72 valence electrons. The lowest BCUT2D eigenvalue weighted by Gasteiger charge is -1.99. The van der Waals surface area contributed by atoms with Gasteiger partial charge in [0, 0.05) is 5.56 Å². The number of hydrogen-bond donors (Lipinski definition) is 0. The van der Waals surface area contributed by atoms with Gasteiger partial charge >= 0.3 is 0 Å². The lowest BCUT2D eigenvalue weighted by molar-refractivity contribution is 0.415. The number of oxazole rings is 1. The summed E-state index contributed by atoms with van der Waals surface area (Å²) in [5.41, 5.74) is 0.953. The quantitative estimate of drug-likeness (QED) is 0.800. The van der Waals surface area contributed by atoms with Crippen LogP contribution in [-0.4, -0.2) is 12.1 Å². The van der Waals surface area contributed by atoms with E-state index in [-0.39, 0.29) is 0 Å². The van der Waals surface area contributed by atoms with Crippen LogP contribution in [-0.2, 0) is 0 Å². The van der Waals surface area contributed by atoms with Gasteiger partial charge in [-0.1, -0.05) is 0 Å². The van der Waals surface area contributed by atoms with Crippen molar-refractivity contribution in [2.24, 2.45) is 0 Å². The first-order valence-electron chi connectivity index (χ1n) is 4.05. The smallest absolute Gasteiger partial charge is 0.226 e. The van der Waals surface area contributed by atoms with Crippen LogP contribution in [0.1, 0.15) is 0 Å². The van der Waals surface area contributed by atoms with E-state index >= 15 is 0 Å². The van der Waals surface area contributed by atoms with E-state index in [0.717, 1.165) is 15.0 Å². The Kier molecular flexibility index (Phi) is 2.72. The van der Waals surface area contributed by atoms with Gasteiger partial charge in [0.15, 0.2) is 0 Å². The molecule has 0 bridgehead atoms. The van der Waals surface area contributed by atoms with Gasteiger partial charge in [0.05, 0.1) is 7.11 Å². The first-order chi connectivity index (χ1) is 6.79. The van der Waals surface area contributed by atoms with Crippen molar-refractivity contribution in [1.82, 2.24) is 4.98 Å². The maximum absolute atomic E-state index is 5.26. The third kappa shape index (κ3) is 1.89. The van der Waals surface area contributed by atoms with Crippen molar-refractivity contribution in [2.75, 3.05) is 7.11 Å². The zero-order valence-corrected chi connectivity index (χ0v) is 9.69. The van der Waals surface area contributed by atoms with Crippen molar-refractivity contribution in [3.63, 3.8) is 0 Å². The molecule has 0 unspecified atom stereocenters. The van der Waals surface area contributed by atoms with E-state index in [1.54, 1.807) is 13.4 Å². The molecule has 2 aromatic rings. The number of methoxy groups -OCH3 is 1. The van der Waals surface area contributed by atoms with Crippen LogP contribution >= 0.6 is 22.6 Å². The molecule has 0 N–H and O–H groups in total. The Morgan fingerprint density at radius 3 is 2.50 bits per heavy atom. The fraction of sp³-hybridized carbons (Fsp3) is 0.100. The highest BCUT2D eigenvalue weighted by Gasteiger charge is 2.04. The molecule has 2 rings (SSSR count). The molecule has 1 aromatic heterocycles. The minimum absolute atomic E-state index is 0.636. The molecule has 0 aliphatic heterocycles.